The van der Waals surface area contributed by atoms with Crippen LogP contribution in [0.5, 0.6) is 5.75 Å². The third-order valence-corrected chi connectivity index (χ3v) is 6.07. The molecule has 1 aliphatic carbocycles. The van der Waals surface area contributed by atoms with Crippen LogP contribution < -0.4 is 15.4 Å². The average molecular weight is 451 g/mol. The van der Waals surface area contributed by atoms with E-state index in [-0.39, 0.29) is 11.9 Å². The van der Waals surface area contributed by atoms with Gasteiger partial charge in [-0.25, -0.2) is 0 Å². The van der Waals surface area contributed by atoms with E-state index < -0.39 is 0 Å². The molecule has 0 radical (unpaired) electrons. The number of fused-ring (bicyclic) bond motifs is 1. The zero-order valence-corrected chi connectivity index (χ0v) is 20.6. The van der Waals surface area contributed by atoms with Gasteiger partial charge in [0.2, 0.25) is 5.91 Å². The van der Waals surface area contributed by atoms with Crippen LogP contribution in [0.15, 0.2) is 36.4 Å². The standard InChI is InChI=1S/C27H38N4O2/c1-6-33-27-22-13-14-23(21(22)12-15-24(27)30-26(32)16-7-18(2)3)29-20-10-8-19(9-11-20)17-25(28)31(4)5/h8-12,15,18,23,28-29H,6-7,13-14,16-17H2,1-5H3,(H,30,32). The lowest BCUT2D eigenvalue weighted by atomic mass is 10.0. The molecule has 1 unspecified atom stereocenters. The molecule has 2 aromatic rings. The molecule has 0 aliphatic heterocycles. The van der Waals surface area contributed by atoms with E-state index in [1.54, 1.807) is 0 Å². The summed E-state index contributed by atoms with van der Waals surface area (Å²) in [5.74, 6) is 1.95. The van der Waals surface area contributed by atoms with E-state index in [0.717, 1.165) is 42.0 Å². The van der Waals surface area contributed by atoms with E-state index in [9.17, 15) is 4.79 Å². The first-order valence-corrected chi connectivity index (χ1v) is 12.0. The molecule has 33 heavy (non-hydrogen) atoms. The van der Waals surface area contributed by atoms with Crippen LogP contribution >= 0.6 is 0 Å². The largest absolute Gasteiger partial charge is 0.491 e. The first-order valence-electron chi connectivity index (χ1n) is 12.0. The number of benzene rings is 2. The van der Waals surface area contributed by atoms with Crippen LogP contribution in [0.25, 0.3) is 0 Å². The van der Waals surface area contributed by atoms with E-state index in [1.165, 1.54) is 11.1 Å². The van der Waals surface area contributed by atoms with Gasteiger partial charge in [-0.1, -0.05) is 32.0 Å². The third kappa shape index (κ3) is 6.50. The molecule has 178 valence electrons. The Labute approximate surface area is 198 Å². The summed E-state index contributed by atoms with van der Waals surface area (Å²) in [6, 6.07) is 12.6. The zero-order chi connectivity index (χ0) is 24.0. The molecule has 0 bridgehead atoms. The Hall–Kier alpha value is -3.02. The van der Waals surface area contributed by atoms with Crippen LogP contribution in [0.2, 0.25) is 0 Å². The lowest BCUT2D eigenvalue weighted by Gasteiger charge is -2.19. The lowest BCUT2D eigenvalue weighted by Crippen LogP contribution is -2.22. The summed E-state index contributed by atoms with van der Waals surface area (Å²) < 4.78 is 6.01. The Bertz CT molecular complexity index is 967. The van der Waals surface area contributed by atoms with Crippen molar-refractivity contribution >= 4 is 23.1 Å². The molecule has 2 aromatic carbocycles. The van der Waals surface area contributed by atoms with Crippen LogP contribution in [0.4, 0.5) is 11.4 Å². The highest BCUT2D eigenvalue weighted by atomic mass is 16.5. The number of ether oxygens (including phenoxy) is 1. The molecule has 0 saturated heterocycles. The number of likely N-dealkylation sites (N-methyl/N-ethyl adjacent to an activating group) is 1. The summed E-state index contributed by atoms with van der Waals surface area (Å²) in [5, 5.41) is 14.7. The van der Waals surface area contributed by atoms with Gasteiger partial charge in [-0.2, -0.15) is 0 Å². The zero-order valence-electron chi connectivity index (χ0n) is 20.6. The molecular weight excluding hydrogens is 412 g/mol. The van der Waals surface area contributed by atoms with Crippen molar-refractivity contribution in [3.05, 3.63) is 53.1 Å². The van der Waals surface area contributed by atoms with Crippen LogP contribution in [0.3, 0.4) is 0 Å². The van der Waals surface area contributed by atoms with Crippen molar-refractivity contribution in [2.24, 2.45) is 5.92 Å². The molecule has 6 nitrogen and oxygen atoms in total. The van der Waals surface area contributed by atoms with Gasteiger partial charge in [-0.05, 0) is 61.4 Å². The Morgan fingerprint density at radius 2 is 1.91 bits per heavy atom. The van der Waals surface area contributed by atoms with Crippen molar-refractivity contribution in [3.8, 4) is 5.75 Å². The number of hydrogen-bond donors (Lipinski definition) is 3. The maximum atomic E-state index is 12.4. The molecule has 0 aromatic heterocycles. The quantitative estimate of drug-likeness (QED) is 0.323. The van der Waals surface area contributed by atoms with Crippen LogP contribution in [-0.4, -0.2) is 37.3 Å². The first kappa shape index (κ1) is 24.6. The molecule has 3 rings (SSSR count). The first-order chi connectivity index (χ1) is 15.8. The summed E-state index contributed by atoms with van der Waals surface area (Å²) in [4.78, 5) is 14.2. The predicted molar refractivity (Wildman–Crippen MR) is 137 cm³/mol. The molecule has 6 heteroatoms. The number of hydrogen-bond acceptors (Lipinski definition) is 4. The smallest absolute Gasteiger partial charge is 0.224 e. The molecule has 1 amide bonds. The molecule has 1 atom stereocenters. The number of amides is 1. The van der Waals surface area contributed by atoms with Crippen molar-refractivity contribution in [1.82, 2.24) is 4.90 Å². The highest BCUT2D eigenvalue weighted by Crippen LogP contribution is 2.42. The van der Waals surface area contributed by atoms with E-state index >= 15 is 0 Å². The topological polar surface area (TPSA) is 77.5 Å². The highest BCUT2D eigenvalue weighted by molar-refractivity contribution is 5.92. The summed E-state index contributed by atoms with van der Waals surface area (Å²) in [7, 11) is 3.80. The van der Waals surface area contributed by atoms with Crippen molar-refractivity contribution in [1.29, 1.82) is 5.41 Å². The van der Waals surface area contributed by atoms with Gasteiger partial charge < -0.3 is 20.3 Å². The number of nitrogens with one attached hydrogen (secondary N) is 3. The lowest BCUT2D eigenvalue weighted by molar-refractivity contribution is -0.116. The molecule has 0 spiro atoms. The van der Waals surface area contributed by atoms with Crippen molar-refractivity contribution in [2.45, 2.75) is 58.9 Å². The predicted octanol–water partition coefficient (Wildman–Crippen LogP) is 5.64. The van der Waals surface area contributed by atoms with E-state index in [0.29, 0.717) is 31.2 Å². The molecule has 0 fully saturated rings. The van der Waals surface area contributed by atoms with Gasteiger partial charge in [0, 0.05) is 38.2 Å². The van der Waals surface area contributed by atoms with Gasteiger partial charge in [-0.15, -0.1) is 0 Å². The average Bonchev–Trinajstić information content (AvgIpc) is 3.18. The Kier molecular flexibility index (Phi) is 8.37. The van der Waals surface area contributed by atoms with E-state index in [2.05, 4.69) is 54.8 Å². The van der Waals surface area contributed by atoms with Crippen molar-refractivity contribution in [2.75, 3.05) is 31.3 Å². The molecule has 3 N–H and O–H groups in total. The van der Waals surface area contributed by atoms with Gasteiger partial charge >= 0.3 is 0 Å². The minimum absolute atomic E-state index is 0.0414. The van der Waals surface area contributed by atoms with Crippen LogP contribution in [-0.2, 0) is 17.6 Å². The fraction of sp³-hybridized carbons (Fsp3) is 0.481. The number of nitrogens with zero attached hydrogens (tertiary/aromatic N) is 1. The highest BCUT2D eigenvalue weighted by Gasteiger charge is 2.27. The summed E-state index contributed by atoms with van der Waals surface area (Å²) in [6.07, 6.45) is 3.92. The number of rotatable bonds is 10. The number of anilines is 2. The van der Waals surface area contributed by atoms with Gasteiger partial charge in [-0.3, -0.25) is 10.2 Å². The fourth-order valence-corrected chi connectivity index (χ4v) is 4.13. The minimum Gasteiger partial charge on any atom is -0.491 e. The van der Waals surface area contributed by atoms with Gasteiger partial charge in [0.25, 0.3) is 0 Å². The fourth-order valence-electron chi connectivity index (χ4n) is 4.13. The van der Waals surface area contributed by atoms with Crippen molar-refractivity contribution in [3.63, 3.8) is 0 Å². The Morgan fingerprint density at radius 3 is 2.55 bits per heavy atom. The monoisotopic (exact) mass is 450 g/mol. The summed E-state index contributed by atoms with van der Waals surface area (Å²) >= 11 is 0. The molecule has 1 aliphatic rings. The van der Waals surface area contributed by atoms with Crippen molar-refractivity contribution < 1.29 is 9.53 Å². The molecular formula is C27H38N4O2. The summed E-state index contributed by atoms with van der Waals surface area (Å²) in [5.41, 5.74) is 5.39. The van der Waals surface area contributed by atoms with Gasteiger partial charge in [0.1, 0.15) is 5.75 Å². The van der Waals surface area contributed by atoms with Gasteiger partial charge in [0.15, 0.2) is 0 Å². The number of carbonyl (C=O) groups excluding carboxylic acids is 1. The Balaban J connectivity index is 1.72. The van der Waals surface area contributed by atoms with Crippen LogP contribution in [0, 0.1) is 11.3 Å². The second kappa shape index (κ2) is 11.2. The maximum Gasteiger partial charge on any atom is 0.224 e. The Morgan fingerprint density at radius 1 is 1.18 bits per heavy atom. The second-order valence-electron chi connectivity index (χ2n) is 9.37. The maximum absolute atomic E-state index is 12.4. The normalized spacial score (nSPS) is 14.7. The van der Waals surface area contributed by atoms with Crippen LogP contribution in [0.1, 0.15) is 62.8 Å². The third-order valence-electron chi connectivity index (χ3n) is 6.07. The number of carbonyl (C=O) groups is 1. The van der Waals surface area contributed by atoms with Gasteiger partial charge in [0.05, 0.1) is 24.2 Å². The number of amidine groups is 1. The minimum atomic E-state index is 0.0414. The second-order valence-corrected chi connectivity index (χ2v) is 9.37. The SMILES string of the molecule is CCOc1c(NC(=O)CCC(C)C)ccc2c1CCC2Nc1ccc(CC(=N)N(C)C)cc1. The van der Waals surface area contributed by atoms with E-state index in [4.69, 9.17) is 10.1 Å². The van der Waals surface area contributed by atoms with E-state index in [1.807, 2.05) is 32.0 Å². The molecule has 0 saturated carbocycles. The summed E-state index contributed by atoms with van der Waals surface area (Å²) in [6.45, 7) is 6.80. The molecule has 0 heterocycles.